The van der Waals surface area contributed by atoms with Crippen molar-refractivity contribution in [2.75, 3.05) is 19.2 Å². The average molecular weight is 465 g/mol. The summed E-state index contributed by atoms with van der Waals surface area (Å²) >= 11 is 6.22. The fraction of sp³-hybridized carbons (Fsp3) is 0.120. The number of para-hydroxylation sites is 1. The highest BCUT2D eigenvalue weighted by atomic mass is 35.5. The second-order valence-corrected chi connectivity index (χ2v) is 7.52. The number of halogens is 1. The zero-order chi connectivity index (χ0) is 23.4. The Hall–Kier alpha value is -3.97. The van der Waals surface area contributed by atoms with Crippen LogP contribution in [0, 0.1) is 0 Å². The largest absolute Gasteiger partial charge is 0.493 e. The standard InChI is InChI=1S/C25H21ClN2O5/c1-31-21-13-16(12-19-24(29)27-28(25(19)30)18-9-4-3-5-10-18)14-22(32-2)23(21)33-15-17-8-6-7-11-20(17)26/h3-14H,15H2,1-2H3,(H,27,29)/b19-12-. The number of nitrogens with zero attached hydrogens (tertiary/aromatic N) is 1. The number of carbonyl (C=O) groups is 2. The predicted molar refractivity (Wildman–Crippen MR) is 125 cm³/mol. The molecular weight excluding hydrogens is 444 g/mol. The molecule has 0 bridgehead atoms. The summed E-state index contributed by atoms with van der Waals surface area (Å²) < 4.78 is 16.9. The number of rotatable bonds is 7. The molecule has 8 heteroatoms. The van der Waals surface area contributed by atoms with Crippen LogP contribution in [0.15, 0.2) is 72.3 Å². The van der Waals surface area contributed by atoms with Gasteiger partial charge in [0.2, 0.25) is 5.75 Å². The summed E-state index contributed by atoms with van der Waals surface area (Å²) in [6.07, 6.45) is 1.49. The van der Waals surface area contributed by atoms with Crippen molar-refractivity contribution >= 4 is 35.2 Å². The molecule has 0 aliphatic carbocycles. The number of methoxy groups -OCH3 is 2. The molecule has 3 aromatic carbocycles. The molecule has 1 fully saturated rings. The second kappa shape index (κ2) is 9.67. The van der Waals surface area contributed by atoms with Gasteiger partial charge in [0.1, 0.15) is 12.2 Å². The molecule has 0 aromatic heterocycles. The molecule has 7 nitrogen and oxygen atoms in total. The fourth-order valence-electron chi connectivity index (χ4n) is 3.37. The van der Waals surface area contributed by atoms with Gasteiger partial charge in [-0.1, -0.05) is 48.0 Å². The first-order chi connectivity index (χ1) is 16.0. The van der Waals surface area contributed by atoms with Crippen LogP contribution in [-0.2, 0) is 16.2 Å². The molecule has 33 heavy (non-hydrogen) atoms. The summed E-state index contributed by atoms with van der Waals surface area (Å²) in [5.41, 5.74) is 4.49. The molecule has 0 atom stereocenters. The number of ether oxygens (including phenoxy) is 3. The van der Waals surface area contributed by atoms with E-state index in [1.165, 1.54) is 25.3 Å². The minimum atomic E-state index is -0.499. The van der Waals surface area contributed by atoms with Crippen LogP contribution in [0.5, 0.6) is 17.2 Å². The SMILES string of the molecule is COc1cc(/C=C2/C(=O)NN(c3ccccc3)C2=O)cc(OC)c1OCc1ccccc1Cl. The Bertz CT molecular complexity index is 1200. The van der Waals surface area contributed by atoms with Crippen LogP contribution in [0.3, 0.4) is 0 Å². The number of amides is 2. The smallest absolute Gasteiger partial charge is 0.282 e. The predicted octanol–water partition coefficient (Wildman–Crippen LogP) is 4.40. The van der Waals surface area contributed by atoms with Crippen LogP contribution in [0.4, 0.5) is 5.69 Å². The maximum absolute atomic E-state index is 12.9. The minimum Gasteiger partial charge on any atom is -0.493 e. The van der Waals surface area contributed by atoms with E-state index in [4.69, 9.17) is 25.8 Å². The zero-order valence-corrected chi connectivity index (χ0v) is 18.8. The van der Waals surface area contributed by atoms with Gasteiger partial charge in [-0.15, -0.1) is 0 Å². The molecule has 1 N–H and O–H groups in total. The highest BCUT2D eigenvalue weighted by molar-refractivity contribution is 6.32. The van der Waals surface area contributed by atoms with Crippen molar-refractivity contribution in [2.24, 2.45) is 0 Å². The van der Waals surface area contributed by atoms with Gasteiger partial charge in [-0.25, -0.2) is 5.01 Å². The van der Waals surface area contributed by atoms with Gasteiger partial charge in [-0.3, -0.25) is 15.0 Å². The summed E-state index contributed by atoms with van der Waals surface area (Å²) in [4.78, 5) is 25.4. The average Bonchev–Trinajstić information content (AvgIpc) is 3.12. The number of hydrogen-bond donors (Lipinski definition) is 1. The van der Waals surface area contributed by atoms with Gasteiger partial charge in [-0.2, -0.15) is 0 Å². The molecule has 1 heterocycles. The molecular formula is C25H21ClN2O5. The fourth-order valence-corrected chi connectivity index (χ4v) is 3.56. The van der Waals surface area contributed by atoms with Crippen molar-refractivity contribution in [3.8, 4) is 17.2 Å². The third kappa shape index (κ3) is 4.63. The Morgan fingerprint density at radius 2 is 1.58 bits per heavy atom. The number of carbonyl (C=O) groups excluding carboxylic acids is 2. The number of hydrazine groups is 1. The van der Waals surface area contributed by atoms with Crippen LogP contribution in [0.1, 0.15) is 11.1 Å². The van der Waals surface area contributed by atoms with Gasteiger partial charge in [0, 0.05) is 10.6 Å². The summed E-state index contributed by atoms with van der Waals surface area (Å²) in [7, 11) is 3.00. The third-order valence-electron chi connectivity index (χ3n) is 5.03. The highest BCUT2D eigenvalue weighted by Crippen LogP contribution is 2.40. The quantitative estimate of drug-likeness (QED) is 0.414. The van der Waals surface area contributed by atoms with Gasteiger partial charge in [0.15, 0.2) is 11.5 Å². The molecule has 168 valence electrons. The summed E-state index contributed by atoms with van der Waals surface area (Å²) in [6, 6.07) is 19.6. The second-order valence-electron chi connectivity index (χ2n) is 7.11. The lowest BCUT2D eigenvalue weighted by molar-refractivity contribution is -0.117. The van der Waals surface area contributed by atoms with E-state index in [1.807, 2.05) is 24.3 Å². The summed E-state index contributed by atoms with van der Waals surface area (Å²) in [5.74, 6) is 0.206. The first kappa shape index (κ1) is 22.2. The van der Waals surface area contributed by atoms with Crippen LogP contribution in [0.2, 0.25) is 5.02 Å². The third-order valence-corrected chi connectivity index (χ3v) is 5.40. The Balaban J connectivity index is 1.63. The molecule has 3 aromatic rings. The van der Waals surface area contributed by atoms with E-state index in [1.54, 1.807) is 42.5 Å². The summed E-state index contributed by atoms with van der Waals surface area (Å²) in [6.45, 7) is 0.208. The van der Waals surface area contributed by atoms with Gasteiger partial charge in [0.25, 0.3) is 11.8 Å². The normalized spacial score (nSPS) is 14.4. The van der Waals surface area contributed by atoms with Crippen LogP contribution in [0.25, 0.3) is 6.08 Å². The van der Waals surface area contributed by atoms with Crippen LogP contribution >= 0.6 is 11.6 Å². The lowest BCUT2D eigenvalue weighted by Crippen LogP contribution is -2.35. The molecule has 2 amide bonds. The van der Waals surface area contributed by atoms with E-state index in [0.717, 1.165) is 5.56 Å². The lowest BCUT2D eigenvalue weighted by Gasteiger charge is -2.16. The molecule has 1 saturated heterocycles. The highest BCUT2D eigenvalue weighted by Gasteiger charge is 2.34. The van der Waals surface area contributed by atoms with Gasteiger partial charge >= 0.3 is 0 Å². The maximum atomic E-state index is 12.9. The molecule has 0 saturated carbocycles. The first-order valence-electron chi connectivity index (χ1n) is 10.1. The van der Waals surface area contributed by atoms with Crippen molar-refractivity contribution in [2.45, 2.75) is 6.61 Å². The molecule has 0 radical (unpaired) electrons. The Kier molecular flexibility index (Phi) is 6.51. The Morgan fingerprint density at radius 1 is 0.939 bits per heavy atom. The van der Waals surface area contributed by atoms with Crippen LogP contribution < -0.4 is 24.6 Å². The molecule has 1 aliphatic heterocycles. The lowest BCUT2D eigenvalue weighted by atomic mass is 10.1. The van der Waals surface area contributed by atoms with E-state index >= 15 is 0 Å². The van der Waals surface area contributed by atoms with Gasteiger partial charge in [-0.05, 0) is 42.0 Å². The maximum Gasteiger partial charge on any atom is 0.282 e. The number of nitrogens with one attached hydrogen (secondary N) is 1. The Labute approximate surface area is 196 Å². The molecule has 0 unspecified atom stereocenters. The van der Waals surface area contributed by atoms with E-state index in [9.17, 15) is 9.59 Å². The number of anilines is 1. The zero-order valence-electron chi connectivity index (χ0n) is 18.0. The number of benzene rings is 3. The number of hydrogen-bond acceptors (Lipinski definition) is 5. The van der Waals surface area contributed by atoms with E-state index in [2.05, 4.69) is 5.43 Å². The van der Waals surface area contributed by atoms with Crippen molar-refractivity contribution in [3.63, 3.8) is 0 Å². The molecule has 4 rings (SSSR count). The van der Waals surface area contributed by atoms with Gasteiger partial charge in [0.05, 0.1) is 19.9 Å². The van der Waals surface area contributed by atoms with Crippen LogP contribution in [-0.4, -0.2) is 26.0 Å². The topological polar surface area (TPSA) is 77.1 Å². The molecule has 1 aliphatic rings. The van der Waals surface area contributed by atoms with E-state index in [0.29, 0.717) is 33.5 Å². The van der Waals surface area contributed by atoms with Crippen molar-refractivity contribution in [1.82, 2.24) is 5.43 Å². The minimum absolute atomic E-state index is 0.00676. The van der Waals surface area contributed by atoms with Crippen molar-refractivity contribution in [3.05, 3.63) is 88.5 Å². The first-order valence-corrected chi connectivity index (χ1v) is 10.4. The van der Waals surface area contributed by atoms with Crippen molar-refractivity contribution < 1.29 is 23.8 Å². The van der Waals surface area contributed by atoms with E-state index in [-0.39, 0.29) is 12.2 Å². The molecule has 0 spiro atoms. The van der Waals surface area contributed by atoms with Crippen molar-refractivity contribution in [1.29, 1.82) is 0 Å². The van der Waals surface area contributed by atoms with Gasteiger partial charge < -0.3 is 14.2 Å². The van der Waals surface area contributed by atoms with E-state index < -0.39 is 11.8 Å². The monoisotopic (exact) mass is 464 g/mol. The Morgan fingerprint density at radius 3 is 2.21 bits per heavy atom. The summed E-state index contributed by atoms with van der Waals surface area (Å²) in [5, 5.41) is 1.80.